The molecule has 0 saturated heterocycles. The van der Waals surface area contributed by atoms with E-state index in [4.69, 9.17) is 16.7 Å². The van der Waals surface area contributed by atoms with Crippen molar-refractivity contribution in [2.24, 2.45) is 0 Å². The molecule has 0 fully saturated rings. The van der Waals surface area contributed by atoms with Gasteiger partial charge in [-0.15, -0.1) is 0 Å². The van der Waals surface area contributed by atoms with E-state index in [1.165, 1.54) is 6.07 Å². The molecule has 0 spiro atoms. The first kappa shape index (κ1) is 12.5. The summed E-state index contributed by atoms with van der Waals surface area (Å²) in [6, 6.07) is 2.27. The lowest BCUT2D eigenvalue weighted by atomic mass is 10.2. The van der Waals surface area contributed by atoms with Crippen LogP contribution in [0.1, 0.15) is 6.42 Å². The molecule has 1 aromatic rings. The molecule has 7 heteroatoms. The number of aliphatic hydroxyl groups is 1. The van der Waals surface area contributed by atoms with Crippen molar-refractivity contribution in [2.45, 2.75) is 6.42 Å². The Morgan fingerprint density at radius 3 is 2.75 bits per heavy atom. The molecule has 3 N–H and O–H groups in total. The molecular weight excluding hydrogens is 236 g/mol. The smallest absolute Gasteiger partial charge is 0.296 e. The van der Waals surface area contributed by atoms with Crippen molar-refractivity contribution in [3.63, 3.8) is 0 Å². The minimum absolute atomic E-state index is 0.00733. The molecule has 88 valence electrons. The fourth-order valence-electron chi connectivity index (χ4n) is 1.15. The lowest BCUT2D eigenvalue weighted by molar-refractivity contribution is -0.384. The molecule has 1 rings (SSSR count). The maximum absolute atomic E-state index is 10.7. The molecule has 0 saturated carbocycles. The summed E-state index contributed by atoms with van der Waals surface area (Å²) in [7, 11) is 0. The molecule has 0 amide bonds. The Morgan fingerprint density at radius 2 is 2.19 bits per heavy atom. The molecule has 1 aromatic carbocycles. The number of aromatic hydroxyl groups is 1. The number of aliphatic hydroxyl groups excluding tert-OH is 1. The minimum Gasteiger partial charge on any atom is -0.506 e. The van der Waals surface area contributed by atoms with E-state index in [-0.39, 0.29) is 28.8 Å². The van der Waals surface area contributed by atoms with Crippen molar-refractivity contribution >= 4 is 23.0 Å². The predicted molar refractivity (Wildman–Crippen MR) is 60.0 cm³/mol. The molecule has 0 aliphatic carbocycles. The van der Waals surface area contributed by atoms with Crippen LogP contribution in [0.2, 0.25) is 5.02 Å². The standard InChI is InChI=1S/C9H11ClN2O4/c10-6-4-7(11-2-1-3-13)8(12(15)16)5-9(6)14/h4-5,11,13-14H,1-3H2. The van der Waals surface area contributed by atoms with Crippen molar-refractivity contribution < 1.29 is 15.1 Å². The second kappa shape index (κ2) is 5.53. The molecule has 0 bridgehead atoms. The lowest BCUT2D eigenvalue weighted by Crippen LogP contribution is -2.05. The molecule has 0 unspecified atom stereocenters. The number of hydrogen-bond donors (Lipinski definition) is 3. The Morgan fingerprint density at radius 1 is 1.50 bits per heavy atom. The zero-order chi connectivity index (χ0) is 12.1. The van der Waals surface area contributed by atoms with Gasteiger partial charge in [0, 0.05) is 13.2 Å². The van der Waals surface area contributed by atoms with Crippen LogP contribution >= 0.6 is 11.6 Å². The maximum atomic E-state index is 10.7. The van der Waals surface area contributed by atoms with Crippen molar-refractivity contribution in [3.8, 4) is 5.75 Å². The number of benzene rings is 1. The number of phenols is 1. The Bertz CT molecular complexity index is 397. The number of nitrogens with one attached hydrogen (secondary N) is 1. The largest absolute Gasteiger partial charge is 0.506 e. The fraction of sp³-hybridized carbons (Fsp3) is 0.333. The van der Waals surface area contributed by atoms with E-state index in [0.29, 0.717) is 13.0 Å². The third-order valence-electron chi connectivity index (χ3n) is 1.91. The van der Waals surface area contributed by atoms with Crippen LogP contribution < -0.4 is 5.32 Å². The average molecular weight is 247 g/mol. The number of nitrogens with zero attached hydrogens (tertiary/aromatic N) is 1. The summed E-state index contributed by atoms with van der Waals surface area (Å²) in [5, 5.41) is 31.3. The zero-order valence-electron chi connectivity index (χ0n) is 8.31. The van der Waals surface area contributed by atoms with Gasteiger partial charge in [-0.2, -0.15) is 0 Å². The summed E-state index contributed by atoms with van der Waals surface area (Å²) in [5.41, 5.74) is -0.0268. The molecule has 0 heterocycles. The summed E-state index contributed by atoms with van der Waals surface area (Å²) in [5.74, 6) is -0.332. The first-order chi connectivity index (χ1) is 7.56. The molecule has 0 radical (unpaired) electrons. The van der Waals surface area contributed by atoms with Gasteiger partial charge in [-0.25, -0.2) is 0 Å². The summed E-state index contributed by atoms with van der Waals surface area (Å²) in [6.07, 6.45) is 0.468. The van der Waals surface area contributed by atoms with Crippen LogP contribution in [0.5, 0.6) is 5.75 Å². The normalized spacial score (nSPS) is 10.1. The SMILES string of the molecule is O=[N+]([O-])c1cc(O)c(Cl)cc1NCCCO. The molecule has 16 heavy (non-hydrogen) atoms. The summed E-state index contributed by atoms with van der Waals surface area (Å²) in [4.78, 5) is 10.1. The average Bonchev–Trinajstić information content (AvgIpc) is 2.23. The Labute approximate surface area is 96.6 Å². The number of anilines is 1. The van der Waals surface area contributed by atoms with Gasteiger partial charge in [0.25, 0.3) is 5.69 Å². The van der Waals surface area contributed by atoms with Crippen molar-refractivity contribution in [1.29, 1.82) is 0 Å². The van der Waals surface area contributed by atoms with Gasteiger partial charge in [-0.1, -0.05) is 11.6 Å². The van der Waals surface area contributed by atoms with E-state index in [1.807, 2.05) is 0 Å². The lowest BCUT2D eigenvalue weighted by Gasteiger charge is -2.07. The summed E-state index contributed by atoms with van der Waals surface area (Å²) in [6.45, 7) is 0.380. The van der Waals surface area contributed by atoms with E-state index in [0.717, 1.165) is 6.07 Å². The third-order valence-corrected chi connectivity index (χ3v) is 2.21. The third kappa shape index (κ3) is 2.98. The highest BCUT2D eigenvalue weighted by molar-refractivity contribution is 6.32. The van der Waals surface area contributed by atoms with Crippen LogP contribution in [0.25, 0.3) is 0 Å². The molecular formula is C9H11ClN2O4. The van der Waals surface area contributed by atoms with Crippen LogP contribution in [-0.4, -0.2) is 28.3 Å². The first-order valence-corrected chi connectivity index (χ1v) is 4.95. The van der Waals surface area contributed by atoms with E-state index in [1.54, 1.807) is 0 Å². The van der Waals surface area contributed by atoms with Crippen LogP contribution in [-0.2, 0) is 0 Å². The summed E-state index contributed by atoms with van der Waals surface area (Å²) < 4.78 is 0. The number of halogens is 1. The molecule has 6 nitrogen and oxygen atoms in total. The van der Waals surface area contributed by atoms with E-state index < -0.39 is 4.92 Å². The van der Waals surface area contributed by atoms with Gasteiger partial charge >= 0.3 is 0 Å². The highest BCUT2D eigenvalue weighted by atomic mass is 35.5. The van der Waals surface area contributed by atoms with Gasteiger partial charge in [0.05, 0.1) is 16.0 Å². The van der Waals surface area contributed by atoms with Crippen LogP contribution in [0.3, 0.4) is 0 Å². The Kier molecular flexibility index (Phi) is 4.33. The monoisotopic (exact) mass is 246 g/mol. The number of phenolic OH excluding ortho intramolecular Hbond substituents is 1. The van der Waals surface area contributed by atoms with E-state index in [2.05, 4.69) is 5.32 Å². The van der Waals surface area contributed by atoms with Crippen LogP contribution in [0, 0.1) is 10.1 Å². The van der Waals surface area contributed by atoms with E-state index >= 15 is 0 Å². The van der Waals surface area contributed by atoms with Gasteiger partial charge in [0.2, 0.25) is 0 Å². The van der Waals surface area contributed by atoms with Crippen molar-refractivity contribution in [3.05, 3.63) is 27.3 Å². The summed E-state index contributed by atoms with van der Waals surface area (Å²) >= 11 is 5.64. The zero-order valence-corrected chi connectivity index (χ0v) is 9.07. The van der Waals surface area contributed by atoms with Crippen molar-refractivity contribution in [1.82, 2.24) is 0 Å². The van der Waals surface area contributed by atoms with Crippen LogP contribution in [0.4, 0.5) is 11.4 Å². The van der Waals surface area contributed by atoms with E-state index in [9.17, 15) is 15.2 Å². The second-order valence-electron chi connectivity index (χ2n) is 3.08. The fourth-order valence-corrected chi connectivity index (χ4v) is 1.31. The van der Waals surface area contributed by atoms with Gasteiger partial charge < -0.3 is 15.5 Å². The Balaban J connectivity index is 2.95. The van der Waals surface area contributed by atoms with Gasteiger partial charge in [-0.05, 0) is 12.5 Å². The van der Waals surface area contributed by atoms with Gasteiger partial charge in [0.1, 0.15) is 11.4 Å². The number of hydrogen-bond acceptors (Lipinski definition) is 5. The van der Waals surface area contributed by atoms with Gasteiger partial charge in [0.15, 0.2) is 0 Å². The van der Waals surface area contributed by atoms with Crippen LogP contribution in [0.15, 0.2) is 12.1 Å². The quantitative estimate of drug-likeness (QED) is 0.318. The van der Waals surface area contributed by atoms with Gasteiger partial charge in [-0.3, -0.25) is 10.1 Å². The molecule has 0 aromatic heterocycles. The van der Waals surface area contributed by atoms with Crippen molar-refractivity contribution in [2.75, 3.05) is 18.5 Å². The molecule has 0 aliphatic rings. The minimum atomic E-state index is -0.614. The maximum Gasteiger partial charge on any atom is 0.296 e. The predicted octanol–water partition coefficient (Wildman–Crippen LogP) is 1.75. The number of nitro groups is 1. The number of rotatable bonds is 5. The highest BCUT2D eigenvalue weighted by Crippen LogP contribution is 2.34. The first-order valence-electron chi connectivity index (χ1n) is 4.58. The molecule has 0 atom stereocenters. The molecule has 0 aliphatic heterocycles. The topological polar surface area (TPSA) is 95.6 Å². The Hall–Kier alpha value is -1.53. The number of nitro benzene ring substituents is 1. The highest BCUT2D eigenvalue weighted by Gasteiger charge is 2.16. The second-order valence-corrected chi connectivity index (χ2v) is 3.49.